The maximum atomic E-state index is 13.9. The lowest BCUT2D eigenvalue weighted by Gasteiger charge is -2.21. The summed E-state index contributed by atoms with van der Waals surface area (Å²) in [7, 11) is 0. The Morgan fingerprint density at radius 1 is 0.953 bits per heavy atom. The van der Waals surface area contributed by atoms with Crippen molar-refractivity contribution >= 4 is 35.2 Å². The average Bonchev–Trinajstić information content (AvgIpc) is 2.92. The molecule has 9 nitrogen and oxygen atoms in total. The molecule has 1 atom stereocenters. The van der Waals surface area contributed by atoms with Crippen molar-refractivity contribution in [1.82, 2.24) is 9.97 Å². The number of aromatic nitrogens is 2. The van der Waals surface area contributed by atoms with Crippen LogP contribution in [0.5, 0.6) is 0 Å². The van der Waals surface area contributed by atoms with Crippen molar-refractivity contribution < 1.29 is 50.4 Å². The number of aryl methyl sites for hydroxylation is 2. The number of thioether (sulfide) groups is 1. The van der Waals surface area contributed by atoms with Gasteiger partial charge in [-0.05, 0) is 42.4 Å². The summed E-state index contributed by atoms with van der Waals surface area (Å²) >= 11 is 0.479. The van der Waals surface area contributed by atoms with E-state index < -0.39 is 80.4 Å². The van der Waals surface area contributed by atoms with E-state index in [0.717, 1.165) is 5.56 Å². The van der Waals surface area contributed by atoms with Crippen LogP contribution in [0, 0.1) is 17.0 Å². The number of nitrogens with zero attached hydrogens (tertiary/aromatic N) is 3. The largest absolute Gasteiger partial charge is 0.423 e. The van der Waals surface area contributed by atoms with E-state index in [9.17, 15) is 50.8 Å². The molecule has 1 unspecified atom stereocenters. The zero-order valence-electron chi connectivity index (χ0n) is 22.3. The Morgan fingerprint density at radius 3 is 2.09 bits per heavy atom. The maximum absolute atomic E-state index is 13.9. The fourth-order valence-corrected chi connectivity index (χ4v) is 5.07. The minimum absolute atomic E-state index is 0.0668. The summed E-state index contributed by atoms with van der Waals surface area (Å²) in [5, 5.41) is 11.9. The number of rotatable bonds is 10. The van der Waals surface area contributed by atoms with Crippen molar-refractivity contribution in [3.63, 3.8) is 0 Å². The molecule has 0 amide bonds. The predicted octanol–water partition coefficient (Wildman–Crippen LogP) is 6.25. The smallest absolute Gasteiger partial charge is 0.387 e. The molecule has 16 heteroatoms. The molecule has 228 valence electrons. The van der Waals surface area contributed by atoms with Crippen LogP contribution in [0.25, 0.3) is 0 Å². The zero-order valence-corrected chi connectivity index (χ0v) is 23.1. The van der Waals surface area contributed by atoms with Gasteiger partial charge in [-0.15, -0.1) is 11.8 Å². The molecule has 1 aromatic carbocycles. The Bertz CT molecular complexity index is 1560. The maximum Gasteiger partial charge on any atom is 0.423 e. The van der Waals surface area contributed by atoms with Crippen molar-refractivity contribution in [2.45, 2.75) is 49.9 Å². The molecule has 3 rings (SSSR count). The fraction of sp³-hybridized carbons (Fsp3) is 0.296. The molecule has 0 saturated carbocycles. The highest BCUT2D eigenvalue weighted by Gasteiger charge is 2.46. The first kappa shape index (κ1) is 33.2. The van der Waals surface area contributed by atoms with Gasteiger partial charge in [0.05, 0.1) is 22.6 Å². The third-order valence-electron chi connectivity index (χ3n) is 6.04. The molecule has 2 heterocycles. The molecule has 0 spiro atoms. The van der Waals surface area contributed by atoms with Crippen molar-refractivity contribution in [3.8, 4) is 0 Å². The Morgan fingerprint density at radius 2 is 1.53 bits per heavy atom. The Labute approximate surface area is 243 Å². The summed E-state index contributed by atoms with van der Waals surface area (Å²) in [5.41, 5.74) is -5.74. The van der Waals surface area contributed by atoms with Crippen molar-refractivity contribution in [1.29, 1.82) is 0 Å². The molecule has 0 aliphatic carbocycles. The van der Waals surface area contributed by atoms with Gasteiger partial charge in [-0.2, -0.15) is 26.3 Å². The first-order chi connectivity index (χ1) is 20.1. The van der Waals surface area contributed by atoms with Crippen molar-refractivity contribution in [2.75, 3.05) is 5.75 Å². The van der Waals surface area contributed by atoms with Gasteiger partial charge in [0, 0.05) is 17.3 Å². The number of benzene rings is 1. The number of ketones is 1. The summed E-state index contributed by atoms with van der Waals surface area (Å²) in [4.78, 5) is 55.6. The van der Waals surface area contributed by atoms with Gasteiger partial charge in [-0.1, -0.05) is 31.2 Å². The molecular weight excluding hydrogens is 608 g/mol. The third kappa shape index (κ3) is 7.74. The molecular formula is C27H21F6N3O6S. The van der Waals surface area contributed by atoms with Crippen molar-refractivity contribution in [2.24, 2.45) is 0 Å². The monoisotopic (exact) mass is 629 g/mol. The van der Waals surface area contributed by atoms with E-state index in [-0.39, 0.29) is 18.2 Å². The summed E-state index contributed by atoms with van der Waals surface area (Å²) < 4.78 is 87.5. The number of hydrogen-bond acceptors (Lipinski definition) is 9. The Balaban J connectivity index is 2.16. The van der Waals surface area contributed by atoms with E-state index >= 15 is 0 Å². The molecule has 0 aliphatic rings. The summed E-state index contributed by atoms with van der Waals surface area (Å²) in [6, 6.07) is 7.64. The van der Waals surface area contributed by atoms with E-state index in [1.54, 1.807) is 31.2 Å². The van der Waals surface area contributed by atoms with Crippen LogP contribution in [0.3, 0.4) is 0 Å². The number of carbonyl (C=O) groups excluding carboxylic acids is 3. The van der Waals surface area contributed by atoms with Crippen LogP contribution >= 0.6 is 11.8 Å². The standard InChI is InChI=1S/C27H21F6N3O6S/c1-3-43-24-17(27(31,32)33)11-13-35-21(24)19(20-22(36(40)41)16(10-12-34-20)26(28,29)30)23(38)25(39)42-18(37)9-8-15-7-5-4-6-14(15)2/h4-7,10-13,19H,3,8-9H2,1-2H3. The Kier molecular flexibility index (Phi) is 10.3. The summed E-state index contributed by atoms with van der Waals surface area (Å²) in [6.45, 7) is 3.17. The van der Waals surface area contributed by atoms with E-state index in [4.69, 9.17) is 0 Å². The molecule has 0 fully saturated rings. The SMILES string of the molecule is CCSc1c(C(F)(F)F)ccnc1C(C(=O)C(=O)OC(=O)CCc1ccccc1C)c1nccc(C(F)(F)F)c1[N+](=O)[O-]. The second kappa shape index (κ2) is 13.3. The van der Waals surface area contributed by atoms with Gasteiger partial charge < -0.3 is 4.74 Å². The number of alkyl halides is 6. The van der Waals surface area contributed by atoms with Crippen molar-refractivity contribution in [3.05, 3.63) is 92.5 Å². The molecule has 0 radical (unpaired) electrons. The molecule has 3 aromatic rings. The van der Waals surface area contributed by atoms with Gasteiger partial charge in [0.1, 0.15) is 17.2 Å². The number of Topliss-reactive ketones (excluding diaryl/α,β-unsaturated/α-hetero) is 1. The number of esters is 2. The van der Waals surface area contributed by atoms with E-state index in [0.29, 0.717) is 35.8 Å². The number of halogens is 6. The highest BCUT2D eigenvalue weighted by atomic mass is 32.2. The van der Waals surface area contributed by atoms with E-state index in [2.05, 4.69) is 14.7 Å². The van der Waals surface area contributed by atoms with Crippen LogP contribution in [0.2, 0.25) is 0 Å². The van der Waals surface area contributed by atoms with Crippen LogP contribution in [0.1, 0.15) is 52.9 Å². The quantitative estimate of drug-likeness (QED) is 0.0486. The van der Waals surface area contributed by atoms with Gasteiger partial charge in [-0.3, -0.25) is 29.7 Å². The number of nitro groups is 1. The topological polar surface area (TPSA) is 129 Å². The third-order valence-corrected chi connectivity index (χ3v) is 7.05. The van der Waals surface area contributed by atoms with Crippen LogP contribution in [0.15, 0.2) is 53.7 Å². The first-order valence-electron chi connectivity index (χ1n) is 12.3. The molecule has 0 bridgehead atoms. The van der Waals surface area contributed by atoms with E-state index in [1.807, 2.05) is 0 Å². The molecule has 0 aliphatic heterocycles. The number of carbonyl (C=O) groups is 3. The second-order valence-corrected chi connectivity index (χ2v) is 10.1. The van der Waals surface area contributed by atoms with Crippen LogP contribution in [0.4, 0.5) is 32.0 Å². The lowest BCUT2D eigenvalue weighted by Crippen LogP contribution is -2.30. The molecule has 0 saturated heterocycles. The van der Waals surface area contributed by atoms with E-state index in [1.165, 1.54) is 6.92 Å². The van der Waals surface area contributed by atoms with Gasteiger partial charge in [0.2, 0.25) is 0 Å². The van der Waals surface area contributed by atoms with Gasteiger partial charge in [-0.25, -0.2) is 4.79 Å². The highest BCUT2D eigenvalue weighted by molar-refractivity contribution is 7.99. The summed E-state index contributed by atoms with van der Waals surface area (Å²) in [6.07, 6.45) is -9.73. The molecule has 0 N–H and O–H groups in total. The lowest BCUT2D eigenvalue weighted by molar-refractivity contribution is -0.389. The first-order valence-corrected chi connectivity index (χ1v) is 13.3. The minimum atomic E-state index is -5.36. The second-order valence-electron chi connectivity index (χ2n) is 8.84. The van der Waals surface area contributed by atoms with Crippen LogP contribution in [-0.4, -0.2) is 38.4 Å². The van der Waals surface area contributed by atoms with Gasteiger partial charge >= 0.3 is 30.0 Å². The van der Waals surface area contributed by atoms with Gasteiger partial charge in [0.15, 0.2) is 0 Å². The van der Waals surface area contributed by atoms with Crippen LogP contribution in [-0.2, 0) is 37.9 Å². The number of ether oxygens (including phenoxy) is 1. The van der Waals surface area contributed by atoms with Crippen LogP contribution < -0.4 is 0 Å². The minimum Gasteiger partial charge on any atom is -0.387 e. The molecule has 2 aromatic heterocycles. The highest BCUT2D eigenvalue weighted by Crippen LogP contribution is 2.45. The average molecular weight is 630 g/mol. The molecule has 43 heavy (non-hydrogen) atoms. The van der Waals surface area contributed by atoms with Gasteiger partial charge in [0.25, 0.3) is 5.78 Å². The normalized spacial score (nSPS) is 12.5. The number of pyridine rings is 2. The number of hydrogen-bond donors (Lipinski definition) is 0. The lowest BCUT2D eigenvalue weighted by atomic mass is 9.91. The predicted molar refractivity (Wildman–Crippen MR) is 139 cm³/mol. The Hall–Kier alpha value is -4.34. The summed E-state index contributed by atoms with van der Waals surface area (Å²) in [5.74, 6) is -7.73. The fourth-order valence-electron chi connectivity index (χ4n) is 4.12. The zero-order chi connectivity index (χ0) is 32.1.